The van der Waals surface area contributed by atoms with Crippen molar-refractivity contribution in [2.45, 2.75) is 22.4 Å². The van der Waals surface area contributed by atoms with E-state index in [1.54, 1.807) is 24.3 Å². The highest BCUT2D eigenvalue weighted by Crippen LogP contribution is 2.43. The van der Waals surface area contributed by atoms with E-state index in [-0.39, 0.29) is 4.90 Å². The Bertz CT molecular complexity index is 921. The summed E-state index contributed by atoms with van der Waals surface area (Å²) in [4.78, 5) is 0.286. The van der Waals surface area contributed by atoms with Gasteiger partial charge < -0.3 is 0 Å². The Kier molecular flexibility index (Phi) is 5.26. The van der Waals surface area contributed by atoms with E-state index in [9.17, 15) is 8.42 Å². The first-order valence-electron chi connectivity index (χ1n) is 8.04. The Morgan fingerprint density at radius 1 is 0.720 bits per heavy atom. The highest BCUT2D eigenvalue weighted by atomic mass is 35.5. The Morgan fingerprint density at radius 2 is 1.20 bits per heavy atom. The van der Waals surface area contributed by atoms with E-state index in [4.69, 9.17) is 11.6 Å². The third-order valence-corrected chi connectivity index (χ3v) is 6.99. The smallest absolute Gasteiger partial charge is 0.187 e. The zero-order chi connectivity index (χ0) is 17.9. The number of benzene rings is 3. The molecule has 0 N–H and O–H groups in total. The SMILES string of the molecule is Cc1ccc(S(=O)(=O)[C@H](c2ccccc2)[C@@H](Cl)c2ccccc2)cc1. The highest BCUT2D eigenvalue weighted by molar-refractivity contribution is 7.91. The number of hydrogen-bond acceptors (Lipinski definition) is 2. The lowest BCUT2D eigenvalue weighted by molar-refractivity contribution is 0.579. The van der Waals surface area contributed by atoms with Crippen LogP contribution in [0, 0.1) is 6.92 Å². The van der Waals surface area contributed by atoms with Crippen molar-refractivity contribution in [2.75, 3.05) is 0 Å². The Balaban J connectivity index is 2.13. The lowest BCUT2D eigenvalue weighted by Crippen LogP contribution is -2.18. The summed E-state index contributed by atoms with van der Waals surface area (Å²) in [6.07, 6.45) is 0. The molecular weight excluding hydrogens is 352 g/mol. The monoisotopic (exact) mass is 370 g/mol. The minimum atomic E-state index is -3.65. The summed E-state index contributed by atoms with van der Waals surface area (Å²) >= 11 is 6.69. The Labute approximate surface area is 154 Å². The van der Waals surface area contributed by atoms with Gasteiger partial charge in [0.05, 0.1) is 10.3 Å². The fraction of sp³-hybridized carbons (Fsp3) is 0.143. The van der Waals surface area contributed by atoms with Gasteiger partial charge in [-0.3, -0.25) is 0 Å². The number of rotatable bonds is 5. The van der Waals surface area contributed by atoms with Crippen LogP contribution in [0.1, 0.15) is 27.3 Å². The van der Waals surface area contributed by atoms with E-state index in [2.05, 4.69) is 0 Å². The van der Waals surface area contributed by atoms with Crippen molar-refractivity contribution in [1.82, 2.24) is 0 Å². The van der Waals surface area contributed by atoms with Gasteiger partial charge in [0.2, 0.25) is 0 Å². The molecule has 128 valence electrons. The number of halogens is 1. The molecule has 0 unspecified atom stereocenters. The van der Waals surface area contributed by atoms with Crippen molar-refractivity contribution < 1.29 is 8.42 Å². The molecule has 0 saturated heterocycles. The summed E-state index contributed by atoms with van der Waals surface area (Å²) in [5, 5.41) is -1.55. The highest BCUT2D eigenvalue weighted by Gasteiger charge is 2.36. The molecule has 0 spiro atoms. The summed E-state index contributed by atoms with van der Waals surface area (Å²) in [6.45, 7) is 1.93. The van der Waals surface area contributed by atoms with Crippen LogP contribution in [0.2, 0.25) is 0 Å². The van der Waals surface area contributed by atoms with Gasteiger partial charge in [0, 0.05) is 0 Å². The number of hydrogen-bond donors (Lipinski definition) is 0. The normalized spacial score (nSPS) is 14.0. The summed E-state index contributed by atoms with van der Waals surface area (Å²) in [5.74, 6) is 0. The molecule has 2 atom stereocenters. The van der Waals surface area contributed by atoms with E-state index < -0.39 is 20.5 Å². The molecule has 3 rings (SSSR count). The quantitative estimate of drug-likeness (QED) is 0.556. The van der Waals surface area contributed by atoms with Gasteiger partial charge in [-0.05, 0) is 30.2 Å². The van der Waals surface area contributed by atoms with Crippen LogP contribution in [-0.2, 0) is 9.84 Å². The third-order valence-electron chi connectivity index (χ3n) is 4.20. The minimum absolute atomic E-state index is 0.286. The predicted octanol–water partition coefficient (Wildman–Crippen LogP) is 5.49. The second kappa shape index (κ2) is 7.42. The summed E-state index contributed by atoms with van der Waals surface area (Å²) < 4.78 is 26.7. The summed E-state index contributed by atoms with van der Waals surface area (Å²) in [6, 6.07) is 25.4. The van der Waals surface area contributed by atoms with Crippen molar-refractivity contribution in [3.63, 3.8) is 0 Å². The van der Waals surface area contributed by atoms with Gasteiger partial charge in [-0.1, -0.05) is 78.4 Å². The third kappa shape index (κ3) is 3.78. The van der Waals surface area contributed by atoms with E-state index in [1.807, 2.05) is 67.6 Å². The second-order valence-electron chi connectivity index (χ2n) is 6.00. The molecule has 2 nitrogen and oxygen atoms in total. The fourth-order valence-electron chi connectivity index (χ4n) is 2.83. The molecule has 0 radical (unpaired) electrons. The number of aryl methyl sites for hydroxylation is 1. The molecule has 0 amide bonds. The average Bonchev–Trinajstić information content (AvgIpc) is 2.63. The van der Waals surface area contributed by atoms with Crippen molar-refractivity contribution in [1.29, 1.82) is 0 Å². The molecule has 3 aromatic rings. The molecular formula is C21H19ClO2S. The first-order valence-corrected chi connectivity index (χ1v) is 10.0. The molecule has 0 fully saturated rings. The molecule has 0 aliphatic heterocycles. The molecule has 3 aromatic carbocycles. The summed E-state index contributed by atoms with van der Waals surface area (Å²) in [5.41, 5.74) is 2.49. The minimum Gasteiger partial charge on any atom is -0.223 e. The zero-order valence-electron chi connectivity index (χ0n) is 13.8. The average molecular weight is 371 g/mol. The molecule has 4 heteroatoms. The van der Waals surface area contributed by atoms with Gasteiger partial charge in [-0.15, -0.1) is 11.6 Å². The van der Waals surface area contributed by atoms with Crippen LogP contribution in [0.4, 0.5) is 0 Å². The van der Waals surface area contributed by atoms with Gasteiger partial charge in [0.25, 0.3) is 0 Å². The largest absolute Gasteiger partial charge is 0.223 e. The Hall–Kier alpha value is -2.10. The zero-order valence-corrected chi connectivity index (χ0v) is 15.4. The molecule has 0 aliphatic rings. The van der Waals surface area contributed by atoms with Gasteiger partial charge in [-0.2, -0.15) is 0 Å². The maximum Gasteiger partial charge on any atom is 0.187 e. The van der Waals surface area contributed by atoms with Crippen LogP contribution >= 0.6 is 11.6 Å². The Morgan fingerprint density at radius 3 is 1.72 bits per heavy atom. The van der Waals surface area contributed by atoms with Crippen molar-refractivity contribution in [2.24, 2.45) is 0 Å². The molecule has 0 aliphatic carbocycles. The molecule has 0 aromatic heterocycles. The van der Waals surface area contributed by atoms with Crippen LogP contribution in [-0.4, -0.2) is 8.42 Å². The second-order valence-corrected chi connectivity index (χ2v) is 8.54. The van der Waals surface area contributed by atoms with Crippen LogP contribution in [0.3, 0.4) is 0 Å². The molecule has 25 heavy (non-hydrogen) atoms. The first-order chi connectivity index (χ1) is 12.0. The lowest BCUT2D eigenvalue weighted by Gasteiger charge is -2.23. The van der Waals surface area contributed by atoms with E-state index in [0.717, 1.165) is 11.1 Å². The number of sulfone groups is 1. The molecule has 0 heterocycles. The van der Waals surface area contributed by atoms with Gasteiger partial charge in [0.15, 0.2) is 9.84 Å². The van der Waals surface area contributed by atoms with Crippen LogP contribution in [0.5, 0.6) is 0 Å². The number of alkyl halides is 1. The summed E-state index contributed by atoms with van der Waals surface area (Å²) in [7, 11) is -3.65. The standard InChI is InChI=1S/C21H19ClO2S/c1-16-12-14-19(15-13-16)25(23,24)21(18-10-6-3-7-11-18)20(22)17-8-4-2-5-9-17/h2-15,20-21H,1H3/t20-,21+/m0/s1. The maximum absolute atomic E-state index is 13.4. The van der Waals surface area contributed by atoms with Crippen molar-refractivity contribution in [3.8, 4) is 0 Å². The van der Waals surface area contributed by atoms with Crippen LogP contribution < -0.4 is 0 Å². The molecule has 0 saturated carbocycles. The van der Waals surface area contributed by atoms with Gasteiger partial charge in [0.1, 0.15) is 5.25 Å². The maximum atomic E-state index is 13.4. The fourth-order valence-corrected chi connectivity index (χ4v) is 5.33. The van der Waals surface area contributed by atoms with E-state index >= 15 is 0 Å². The first kappa shape index (κ1) is 17.7. The van der Waals surface area contributed by atoms with Crippen LogP contribution in [0.15, 0.2) is 89.8 Å². The van der Waals surface area contributed by atoms with Crippen LogP contribution in [0.25, 0.3) is 0 Å². The van der Waals surface area contributed by atoms with E-state index in [0.29, 0.717) is 5.56 Å². The van der Waals surface area contributed by atoms with Crippen molar-refractivity contribution in [3.05, 3.63) is 102 Å². The molecule has 0 bridgehead atoms. The van der Waals surface area contributed by atoms with Crippen molar-refractivity contribution >= 4 is 21.4 Å². The van der Waals surface area contributed by atoms with Gasteiger partial charge in [-0.25, -0.2) is 8.42 Å². The predicted molar refractivity (Wildman–Crippen MR) is 103 cm³/mol. The lowest BCUT2D eigenvalue weighted by atomic mass is 10.0. The topological polar surface area (TPSA) is 34.1 Å². The van der Waals surface area contributed by atoms with Gasteiger partial charge >= 0.3 is 0 Å². The van der Waals surface area contributed by atoms with E-state index in [1.165, 1.54) is 0 Å².